The van der Waals surface area contributed by atoms with Gasteiger partial charge in [-0.05, 0) is 39.5 Å². The maximum Gasteiger partial charge on any atom is 0.243 e. The van der Waals surface area contributed by atoms with Gasteiger partial charge in [0.2, 0.25) is 5.91 Å². The van der Waals surface area contributed by atoms with Crippen molar-refractivity contribution in [2.45, 2.75) is 64.5 Å². The Morgan fingerprint density at radius 1 is 1.40 bits per heavy atom. The summed E-state index contributed by atoms with van der Waals surface area (Å²) < 4.78 is 0. The van der Waals surface area contributed by atoms with E-state index in [4.69, 9.17) is 5.73 Å². The van der Waals surface area contributed by atoms with E-state index in [2.05, 4.69) is 13.8 Å². The summed E-state index contributed by atoms with van der Waals surface area (Å²) in [6.45, 7) is 9.10. The van der Waals surface area contributed by atoms with Gasteiger partial charge >= 0.3 is 0 Å². The molecule has 88 valence electrons. The molecule has 1 saturated heterocycles. The molecule has 0 aromatic rings. The van der Waals surface area contributed by atoms with E-state index in [1.807, 2.05) is 18.7 Å². The summed E-state index contributed by atoms with van der Waals surface area (Å²) in [7, 11) is 0. The minimum Gasteiger partial charge on any atom is -0.336 e. The van der Waals surface area contributed by atoms with Crippen molar-refractivity contribution in [2.24, 2.45) is 5.73 Å². The summed E-state index contributed by atoms with van der Waals surface area (Å²) in [5, 5.41) is 0. The zero-order valence-corrected chi connectivity index (χ0v) is 10.5. The molecular formula is C12H24N2O. The number of nitrogens with two attached hydrogens (primary N) is 1. The Labute approximate surface area is 93.0 Å². The monoisotopic (exact) mass is 212 g/mol. The number of carbonyl (C=O) groups is 1. The van der Waals surface area contributed by atoms with Crippen molar-refractivity contribution in [1.29, 1.82) is 0 Å². The first-order chi connectivity index (χ1) is 6.87. The molecule has 1 rings (SSSR count). The van der Waals surface area contributed by atoms with E-state index in [0.29, 0.717) is 0 Å². The van der Waals surface area contributed by atoms with Crippen molar-refractivity contribution in [2.75, 3.05) is 6.54 Å². The van der Waals surface area contributed by atoms with Crippen LogP contribution in [0.3, 0.4) is 0 Å². The van der Waals surface area contributed by atoms with Crippen LogP contribution in [0, 0.1) is 0 Å². The summed E-state index contributed by atoms with van der Waals surface area (Å²) >= 11 is 0. The van der Waals surface area contributed by atoms with Gasteiger partial charge in [-0.3, -0.25) is 4.79 Å². The van der Waals surface area contributed by atoms with Crippen molar-refractivity contribution in [3.05, 3.63) is 0 Å². The molecule has 3 heteroatoms. The van der Waals surface area contributed by atoms with Crippen LogP contribution in [0.15, 0.2) is 0 Å². The van der Waals surface area contributed by atoms with Crippen LogP contribution >= 0.6 is 0 Å². The third-order valence-electron chi connectivity index (χ3n) is 3.83. The third kappa shape index (κ3) is 2.17. The summed E-state index contributed by atoms with van der Waals surface area (Å²) in [6, 6.07) is 0. The first-order valence-corrected chi connectivity index (χ1v) is 5.98. The fourth-order valence-electron chi connectivity index (χ4n) is 2.31. The van der Waals surface area contributed by atoms with Gasteiger partial charge in [-0.1, -0.05) is 13.8 Å². The van der Waals surface area contributed by atoms with Gasteiger partial charge in [0.1, 0.15) is 0 Å². The molecule has 1 fully saturated rings. The first-order valence-electron chi connectivity index (χ1n) is 5.98. The predicted molar refractivity (Wildman–Crippen MR) is 62.5 cm³/mol. The molecule has 3 nitrogen and oxygen atoms in total. The van der Waals surface area contributed by atoms with Crippen molar-refractivity contribution in [3.8, 4) is 0 Å². The van der Waals surface area contributed by atoms with Crippen molar-refractivity contribution < 1.29 is 4.79 Å². The Morgan fingerprint density at radius 3 is 2.27 bits per heavy atom. The van der Waals surface area contributed by atoms with E-state index in [9.17, 15) is 4.79 Å². The summed E-state index contributed by atoms with van der Waals surface area (Å²) in [6.07, 6.45) is 3.62. The predicted octanol–water partition coefficient (Wildman–Crippen LogP) is 1.90. The van der Waals surface area contributed by atoms with E-state index in [0.717, 1.165) is 32.2 Å². The highest BCUT2D eigenvalue weighted by molar-refractivity contribution is 5.86. The molecule has 0 aromatic carbocycles. The van der Waals surface area contributed by atoms with Crippen LogP contribution in [0.25, 0.3) is 0 Å². The number of hydrogen-bond donors (Lipinski definition) is 1. The lowest BCUT2D eigenvalue weighted by Crippen LogP contribution is -2.58. The van der Waals surface area contributed by atoms with E-state index in [1.165, 1.54) is 0 Å². The Hall–Kier alpha value is -0.570. The highest BCUT2D eigenvalue weighted by Crippen LogP contribution is 2.31. The van der Waals surface area contributed by atoms with Crippen molar-refractivity contribution in [1.82, 2.24) is 4.90 Å². The first kappa shape index (κ1) is 12.5. The Bertz CT molecular complexity index is 244. The van der Waals surface area contributed by atoms with Gasteiger partial charge in [0, 0.05) is 12.1 Å². The highest BCUT2D eigenvalue weighted by Gasteiger charge is 2.42. The lowest BCUT2D eigenvalue weighted by atomic mass is 9.90. The maximum atomic E-state index is 12.3. The Balaban J connectivity index is 2.84. The molecule has 0 bridgehead atoms. The van der Waals surface area contributed by atoms with Crippen LogP contribution in [0.1, 0.15) is 53.4 Å². The average molecular weight is 212 g/mol. The van der Waals surface area contributed by atoms with Crippen LogP contribution in [0.5, 0.6) is 0 Å². The third-order valence-corrected chi connectivity index (χ3v) is 3.83. The minimum atomic E-state index is -0.651. The molecule has 0 unspecified atom stereocenters. The number of rotatable bonds is 3. The topological polar surface area (TPSA) is 46.3 Å². The fourth-order valence-corrected chi connectivity index (χ4v) is 2.31. The van der Waals surface area contributed by atoms with Crippen LogP contribution in [0.4, 0.5) is 0 Å². The largest absolute Gasteiger partial charge is 0.336 e. The highest BCUT2D eigenvalue weighted by atomic mass is 16.2. The van der Waals surface area contributed by atoms with Crippen LogP contribution in [-0.4, -0.2) is 28.4 Å². The van der Waals surface area contributed by atoms with Gasteiger partial charge < -0.3 is 10.6 Å². The number of nitrogens with zero attached hydrogens (tertiary/aromatic N) is 1. The number of hydrogen-bond acceptors (Lipinski definition) is 2. The minimum absolute atomic E-state index is 0.00789. The van der Waals surface area contributed by atoms with Crippen LogP contribution in [-0.2, 0) is 4.79 Å². The average Bonchev–Trinajstić information content (AvgIpc) is 2.55. The summed E-state index contributed by atoms with van der Waals surface area (Å²) in [5.74, 6) is 0.134. The van der Waals surface area contributed by atoms with Gasteiger partial charge in [-0.15, -0.1) is 0 Å². The molecule has 1 aliphatic heterocycles. The number of likely N-dealkylation sites (tertiary alicyclic amines) is 1. The lowest BCUT2D eigenvalue weighted by molar-refractivity contribution is -0.140. The second-order valence-corrected chi connectivity index (χ2v) is 5.24. The Morgan fingerprint density at radius 2 is 1.93 bits per heavy atom. The molecular weight excluding hydrogens is 188 g/mol. The molecule has 1 heterocycles. The molecule has 0 radical (unpaired) electrons. The standard InChI is InChI=1S/C12H24N2O/c1-5-12(13,6-2)10(15)14-9-7-8-11(14,3)4/h5-9,13H2,1-4H3. The summed E-state index contributed by atoms with van der Waals surface area (Å²) in [4.78, 5) is 14.3. The zero-order valence-electron chi connectivity index (χ0n) is 10.5. The van der Waals surface area contributed by atoms with Crippen LogP contribution in [0.2, 0.25) is 0 Å². The fraction of sp³-hybridized carbons (Fsp3) is 0.917. The SMILES string of the molecule is CCC(N)(CC)C(=O)N1CCCC1(C)C. The normalized spacial score (nSPS) is 20.7. The number of amides is 1. The maximum absolute atomic E-state index is 12.3. The zero-order chi connectivity index (χ0) is 11.7. The van der Waals surface area contributed by atoms with Gasteiger partial charge in [0.15, 0.2) is 0 Å². The lowest BCUT2D eigenvalue weighted by Gasteiger charge is -2.38. The second-order valence-electron chi connectivity index (χ2n) is 5.24. The van der Waals surface area contributed by atoms with Crippen molar-refractivity contribution >= 4 is 5.91 Å². The molecule has 0 saturated carbocycles. The molecule has 0 aliphatic carbocycles. The molecule has 0 aromatic heterocycles. The van der Waals surface area contributed by atoms with E-state index in [1.54, 1.807) is 0 Å². The van der Waals surface area contributed by atoms with Gasteiger partial charge in [-0.25, -0.2) is 0 Å². The molecule has 15 heavy (non-hydrogen) atoms. The van der Waals surface area contributed by atoms with Crippen LogP contribution < -0.4 is 5.73 Å². The second kappa shape index (κ2) is 4.12. The van der Waals surface area contributed by atoms with E-state index < -0.39 is 5.54 Å². The summed E-state index contributed by atoms with van der Waals surface area (Å²) in [5.41, 5.74) is 5.49. The quantitative estimate of drug-likeness (QED) is 0.776. The van der Waals surface area contributed by atoms with E-state index in [-0.39, 0.29) is 11.4 Å². The van der Waals surface area contributed by atoms with Gasteiger partial charge in [0.25, 0.3) is 0 Å². The number of carbonyl (C=O) groups excluding carboxylic acids is 1. The smallest absolute Gasteiger partial charge is 0.243 e. The molecule has 2 N–H and O–H groups in total. The molecule has 0 spiro atoms. The van der Waals surface area contributed by atoms with Crippen molar-refractivity contribution in [3.63, 3.8) is 0 Å². The van der Waals surface area contributed by atoms with E-state index >= 15 is 0 Å². The molecule has 1 amide bonds. The Kier molecular flexibility index (Phi) is 3.44. The van der Waals surface area contributed by atoms with Gasteiger partial charge in [0.05, 0.1) is 5.54 Å². The molecule has 1 aliphatic rings. The van der Waals surface area contributed by atoms with Gasteiger partial charge in [-0.2, -0.15) is 0 Å². The molecule has 0 atom stereocenters.